The van der Waals surface area contributed by atoms with E-state index in [9.17, 15) is 5.11 Å². The zero-order chi connectivity index (χ0) is 17.8. The summed E-state index contributed by atoms with van der Waals surface area (Å²) in [5, 5.41) is 17.4. The summed E-state index contributed by atoms with van der Waals surface area (Å²) in [5.41, 5.74) is 1.02. The molecule has 0 bridgehead atoms. The number of rotatable bonds is 5. The molecule has 0 radical (unpaired) electrons. The van der Waals surface area contributed by atoms with Gasteiger partial charge in [-0.25, -0.2) is 4.98 Å². The zero-order valence-corrected chi connectivity index (χ0v) is 15.4. The highest BCUT2D eigenvalue weighted by atomic mass is 35.5. The van der Waals surface area contributed by atoms with Gasteiger partial charge in [0.2, 0.25) is 0 Å². The first-order chi connectivity index (χ1) is 12.0. The van der Waals surface area contributed by atoms with Gasteiger partial charge in [-0.2, -0.15) is 0 Å². The first-order valence-corrected chi connectivity index (χ1v) is 9.14. The Hall–Kier alpha value is -1.98. The van der Waals surface area contributed by atoms with E-state index in [2.05, 4.69) is 21.6 Å². The maximum absolute atomic E-state index is 10.1. The van der Waals surface area contributed by atoms with E-state index in [-0.39, 0.29) is 11.8 Å². The Morgan fingerprint density at radius 3 is 2.68 bits per heavy atom. The van der Waals surface area contributed by atoms with Gasteiger partial charge in [0, 0.05) is 22.8 Å². The van der Waals surface area contributed by atoms with Gasteiger partial charge in [0.1, 0.15) is 5.82 Å². The average Bonchev–Trinajstić information content (AvgIpc) is 2.59. The molecule has 3 N–H and O–H groups in total. The number of aromatic nitrogens is 1. The molecule has 1 aromatic carbocycles. The van der Waals surface area contributed by atoms with Crippen molar-refractivity contribution in [2.45, 2.75) is 38.8 Å². The first kappa shape index (κ1) is 17.8. The lowest BCUT2D eigenvalue weighted by molar-refractivity contribution is 0.449. The SMILES string of the molecule is CC(C)Nc1nc(N(c2cccc(Cl)c2)C2CCNCC2)ccc1O. The van der Waals surface area contributed by atoms with Crippen LogP contribution in [0.5, 0.6) is 5.75 Å². The van der Waals surface area contributed by atoms with Crippen molar-refractivity contribution in [2.24, 2.45) is 0 Å². The molecule has 1 aromatic heterocycles. The second-order valence-corrected chi connectivity index (χ2v) is 7.10. The van der Waals surface area contributed by atoms with Gasteiger partial charge in [0.25, 0.3) is 0 Å². The van der Waals surface area contributed by atoms with Crippen LogP contribution in [-0.4, -0.2) is 35.3 Å². The van der Waals surface area contributed by atoms with Crippen LogP contribution in [0.3, 0.4) is 0 Å². The van der Waals surface area contributed by atoms with Gasteiger partial charge in [-0.3, -0.25) is 0 Å². The Morgan fingerprint density at radius 2 is 2.00 bits per heavy atom. The van der Waals surface area contributed by atoms with Gasteiger partial charge in [-0.15, -0.1) is 0 Å². The number of nitrogens with zero attached hydrogens (tertiary/aromatic N) is 2. The molecule has 1 fully saturated rings. The Morgan fingerprint density at radius 1 is 1.24 bits per heavy atom. The molecule has 1 aliphatic heterocycles. The fourth-order valence-electron chi connectivity index (χ4n) is 3.18. The third-order valence-electron chi connectivity index (χ3n) is 4.29. The highest BCUT2D eigenvalue weighted by Crippen LogP contribution is 2.34. The molecule has 5 nitrogen and oxygen atoms in total. The monoisotopic (exact) mass is 360 g/mol. The van der Waals surface area contributed by atoms with E-state index in [1.807, 2.05) is 38.1 Å². The summed E-state index contributed by atoms with van der Waals surface area (Å²) in [6.07, 6.45) is 2.06. The van der Waals surface area contributed by atoms with Crippen LogP contribution in [0.1, 0.15) is 26.7 Å². The van der Waals surface area contributed by atoms with E-state index in [0.717, 1.165) is 37.4 Å². The van der Waals surface area contributed by atoms with E-state index in [4.69, 9.17) is 16.6 Å². The second-order valence-electron chi connectivity index (χ2n) is 6.67. The third-order valence-corrected chi connectivity index (χ3v) is 4.53. The molecule has 0 saturated carbocycles. The Bertz CT molecular complexity index is 716. The second kappa shape index (κ2) is 7.93. The largest absolute Gasteiger partial charge is 0.504 e. The van der Waals surface area contributed by atoms with Gasteiger partial charge < -0.3 is 20.6 Å². The normalized spacial score (nSPS) is 15.4. The zero-order valence-electron chi connectivity index (χ0n) is 14.7. The number of hydrogen-bond donors (Lipinski definition) is 3. The molecule has 2 aromatic rings. The van der Waals surface area contributed by atoms with Gasteiger partial charge in [0.15, 0.2) is 11.6 Å². The molecule has 0 aliphatic carbocycles. The molecule has 134 valence electrons. The van der Waals surface area contributed by atoms with Crippen molar-refractivity contribution in [1.29, 1.82) is 0 Å². The summed E-state index contributed by atoms with van der Waals surface area (Å²) in [6.45, 7) is 6.01. The summed E-state index contributed by atoms with van der Waals surface area (Å²) in [5.74, 6) is 1.48. The molecule has 2 heterocycles. The number of piperidine rings is 1. The van der Waals surface area contributed by atoms with Crippen LogP contribution in [0.15, 0.2) is 36.4 Å². The summed E-state index contributed by atoms with van der Waals surface area (Å²) >= 11 is 6.23. The van der Waals surface area contributed by atoms with E-state index in [1.54, 1.807) is 6.07 Å². The Balaban J connectivity index is 2.01. The highest BCUT2D eigenvalue weighted by Gasteiger charge is 2.24. The average molecular weight is 361 g/mol. The van der Waals surface area contributed by atoms with Crippen LogP contribution in [-0.2, 0) is 0 Å². The van der Waals surface area contributed by atoms with Crippen LogP contribution >= 0.6 is 11.6 Å². The van der Waals surface area contributed by atoms with Crippen LogP contribution in [0, 0.1) is 0 Å². The van der Waals surface area contributed by atoms with Gasteiger partial charge in [-0.1, -0.05) is 17.7 Å². The fourth-order valence-corrected chi connectivity index (χ4v) is 3.36. The predicted molar refractivity (Wildman–Crippen MR) is 104 cm³/mol. The molecule has 0 amide bonds. The van der Waals surface area contributed by atoms with Crippen LogP contribution in [0.25, 0.3) is 0 Å². The molecular formula is C19H25ClN4O. The molecule has 0 spiro atoms. The number of halogens is 1. The minimum atomic E-state index is 0.161. The van der Waals surface area contributed by atoms with Crippen LogP contribution < -0.4 is 15.5 Å². The maximum Gasteiger partial charge on any atom is 0.170 e. The molecule has 3 rings (SSSR count). The fraction of sp³-hybridized carbons (Fsp3) is 0.421. The van der Waals surface area contributed by atoms with Crippen molar-refractivity contribution in [1.82, 2.24) is 10.3 Å². The van der Waals surface area contributed by atoms with Crippen LogP contribution in [0.4, 0.5) is 17.3 Å². The van der Waals surface area contributed by atoms with E-state index in [1.165, 1.54) is 0 Å². The quantitative estimate of drug-likeness (QED) is 0.747. The number of pyridine rings is 1. The molecule has 1 aliphatic rings. The van der Waals surface area contributed by atoms with E-state index >= 15 is 0 Å². The summed E-state index contributed by atoms with van der Waals surface area (Å²) < 4.78 is 0. The van der Waals surface area contributed by atoms with Crippen molar-refractivity contribution in [2.75, 3.05) is 23.3 Å². The lowest BCUT2D eigenvalue weighted by Crippen LogP contribution is -2.41. The van der Waals surface area contributed by atoms with Crippen molar-refractivity contribution in [3.05, 3.63) is 41.4 Å². The van der Waals surface area contributed by atoms with Gasteiger partial charge in [0.05, 0.1) is 0 Å². The first-order valence-electron chi connectivity index (χ1n) is 8.76. The molecule has 1 saturated heterocycles. The molecule has 0 atom stereocenters. The van der Waals surface area contributed by atoms with E-state index in [0.29, 0.717) is 16.9 Å². The molecule has 25 heavy (non-hydrogen) atoms. The lowest BCUT2D eigenvalue weighted by Gasteiger charge is -2.36. The molecule has 6 heteroatoms. The Kier molecular flexibility index (Phi) is 5.66. The number of hydrogen-bond acceptors (Lipinski definition) is 5. The molecular weight excluding hydrogens is 336 g/mol. The van der Waals surface area contributed by atoms with Gasteiger partial charge >= 0.3 is 0 Å². The molecule has 0 unspecified atom stereocenters. The van der Waals surface area contributed by atoms with Crippen molar-refractivity contribution in [3.63, 3.8) is 0 Å². The van der Waals surface area contributed by atoms with Crippen molar-refractivity contribution < 1.29 is 5.11 Å². The number of benzene rings is 1. The number of aromatic hydroxyl groups is 1. The van der Waals surface area contributed by atoms with Crippen LogP contribution in [0.2, 0.25) is 5.02 Å². The maximum atomic E-state index is 10.1. The van der Waals surface area contributed by atoms with Crippen molar-refractivity contribution in [3.8, 4) is 5.75 Å². The third kappa shape index (κ3) is 4.35. The number of nitrogens with one attached hydrogen (secondary N) is 2. The summed E-state index contributed by atoms with van der Waals surface area (Å²) in [7, 11) is 0. The predicted octanol–water partition coefficient (Wildman–Crippen LogP) is 4.15. The van der Waals surface area contributed by atoms with E-state index < -0.39 is 0 Å². The van der Waals surface area contributed by atoms with Gasteiger partial charge in [-0.05, 0) is 70.1 Å². The standard InChI is InChI=1S/C19H25ClN4O/c1-13(2)22-19-17(25)6-7-18(23-19)24(15-8-10-21-11-9-15)16-5-3-4-14(20)12-16/h3-7,12-13,15,21,25H,8-11H2,1-2H3,(H,22,23). The smallest absolute Gasteiger partial charge is 0.170 e. The Labute approximate surface area is 154 Å². The minimum Gasteiger partial charge on any atom is -0.504 e. The highest BCUT2D eigenvalue weighted by molar-refractivity contribution is 6.30. The lowest BCUT2D eigenvalue weighted by atomic mass is 10.0. The summed E-state index contributed by atoms with van der Waals surface area (Å²) in [4.78, 5) is 6.93. The number of anilines is 3. The summed E-state index contributed by atoms with van der Waals surface area (Å²) in [6, 6.07) is 11.9. The van der Waals surface area contributed by atoms with Crippen molar-refractivity contribution >= 4 is 28.9 Å². The minimum absolute atomic E-state index is 0.161. The topological polar surface area (TPSA) is 60.4 Å².